The number of nitrogens with zero attached hydrogens (tertiary/aromatic N) is 5. The Kier molecular flexibility index (Phi) is 10.1. The fourth-order valence-corrected chi connectivity index (χ4v) is 6.01. The summed E-state index contributed by atoms with van der Waals surface area (Å²) in [5.74, 6) is 0.846. The number of carbonyl (C=O) groups excluding carboxylic acids is 1. The molecule has 1 N–H and O–H groups in total. The maximum atomic E-state index is 13.5. The van der Waals surface area contributed by atoms with Gasteiger partial charge < -0.3 is 19.2 Å². The third-order valence-electron chi connectivity index (χ3n) is 8.53. The van der Waals surface area contributed by atoms with E-state index in [1.54, 1.807) is 29.4 Å². The quantitative estimate of drug-likeness (QED) is 0.171. The van der Waals surface area contributed by atoms with Crippen LogP contribution in [0.3, 0.4) is 0 Å². The number of ether oxygens (including phenoxy) is 2. The Morgan fingerprint density at radius 3 is 2.52 bits per heavy atom. The highest BCUT2D eigenvalue weighted by Crippen LogP contribution is 2.47. The maximum Gasteiger partial charge on any atom is 0.414 e. The van der Waals surface area contributed by atoms with Gasteiger partial charge in [-0.05, 0) is 81.2 Å². The summed E-state index contributed by atoms with van der Waals surface area (Å²) < 4.78 is 18.4. The standard InChI is InChI=1S/C35H48N6O4Si/c1-11-12-18-43-30-28(14-13-16-37-30)40-31-38-17-15-27(39-31)24-19-25(21-36)29-26(20-24)35(8,23-44-46(9,10)34(5,6)7)22-41(29)32(42)45-33(2,3)4/h13-17,19-20H,11-12,18,22-23H2,1-10H3,(H,38,39,40)/t35-/m1/s1. The summed E-state index contributed by atoms with van der Waals surface area (Å²) in [6.45, 7) is 22.0. The Bertz CT molecular complexity index is 1610. The number of nitriles is 1. The summed E-state index contributed by atoms with van der Waals surface area (Å²) in [5.41, 5.74) is 2.48. The summed E-state index contributed by atoms with van der Waals surface area (Å²) in [6, 6.07) is 11.6. The summed E-state index contributed by atoms with van der Waals surface area (Å²) >= 11 is 0. The SMILES string of the molecule is CCCCOc1ncccc1Nc1nccc(-c2cc(C#N)c3c(c2)[C@@](C)(CO[Si](C)(C)C(C)(C)C)CN3C(=O)OC(C)(C)C)n1. The van der Waals surface area contributed by atoms with Crippen molar-refractivity contribution in [1.82, 2.24) is 15.0 Å². The molecule has 2 aromatic heterocycles. The van der Waals surface area contributed by atoms with E-state index in [4.69, 9.17) is 18.9 Å². The van der Waals surface area contributed by atoms with Gasteiger partial charge in [0.05, 0.1) is 23.6 Å². The van der Waals surface area contributed by atoms with E-state index in [2.05, 4.69) is 69.1 Å². The Morgan fingerprint density at radius 1 is 1.13 bits per heavy atom. The average molecular weight is 645 g/mol. The summed E-state index contributed by atoms with van der Waals surface area (Å²) in [6.07, 6.45) is 4.81. The third-order valence-corrected chi connectivity index (χ3v) is 13.0. The number of anilines is 3. The highest BCUT2D eigenvalue weighted by atomic mass is 28.4. The summed E-state index contributed by atoms with van der Waals surface area (Å²) in [5, 5.41) is 13.6. The van der Waals surface area contributed by atoms with Crippen molar-refractivity contribution in [2.75, 3.05) is 30.0 Å². The molecule has 46 heavy (non-hydrogen) atoms. The number of carbonyl (C=O) groups is 1. The fourth-order valence-electron chi connectivity index (χ4n) is 4.90. The minimum absolute atomic E-state index is 0.00878. The molecule has 10 nitrogen and oxygen atoms in total. The number of fused-ring (bicyclic) bond motifs is 1. The molecule has 0 spiro atoms. The minimum Gasteiger partial charge on any atom is -0.476 e. The number of amides is 1. The number of rotatable bonds is 10. The van der Waals surface area contributed by atoms with Crippen LogP contribution in [0.5, 0.6) is 5.88 Å². The molecular weight excluding hydrogens is 597 g/mol. The molecule has 1 aliphatic rings. The number of aromatic nitrogens is 3. The van der Waals surface area contributed by atoms with Crippen molar-refractivity contribution in [2.45, 2.75) is 97.4 Å². The van der Waals surface area contributed by atoms with Crippen LogP contribution in [0.1, 0.15) is 79.4 Å². The number of hydrogen-bond acceptors (Lipinski definition) is 9. The van der Waals surface area contributed by atoms with Crippen LogP contribution in [-0.2, 0) is 14.6 Å². The van der Waals surface area contributed by atoms with Crippen LogP contribution in [0, 0.1) is 11.3 Å². The normalized spacial score (nSPS) is 16.5. The molecule has 0 aliphatic carbocycles. The zero-order chi connectivity index (χ0) is 33.9. The number of benzene rings is 1. The van der Waals surface area contributed by atoms with Crippen molar-refractivity contribution >= 4 is 31.7 Å². The van der Waals surface area contributed by atoms with Gasteiger partial charge in [-0.15, -0.1) is 0 Å². The maximum absolute atomic E-state index is 13.5. The largest absolute Gasteiger partial charge is 0.476 e. The first-order chi connectivity index (χ1) is 21.5. The van der Waals surface area contributed by atoms with Gasteiger partial charge in [0.1, 0.15) is 17.4 Å². The van der Waals surface area contributed by atoms with E-state index in [9.17, 15) is 10.1 Å². The fraction of sp³-hybridized carbons (Fsp3) is 0.514. The van der Waals surface area contributed by atoms with Crippen LogP contribution in [0.15, 0.2) is 42.7 Å². The molecule has 1 aromatic carbocycles. The van der Waals surface area contributed by atoms with E-state index in [0.29, 0.717) is 54.2 Å². The van der Waals surface area contributed by atoms with Crippen molar-refractivity contribution in [3.8, 4) is 23.2 Å². The first kappa shape index (κ1) is 34.9. The van der Waals surface area contributed by atoms with Gasteiger partial charge >= 0.3 is 6.09 Å². The number of nitrogens with one attached hydrogen (secondary N) is 1. The van der Waals surface area contributed by atoms with Crippen LogP contribution >= 0.6 is 0 Å². The smallest absolute Gasteiger partial charge is 0.414 e. The number of hydrogen-bond donors (Lipinski definition) is 1. The molecule has 1 aliphatic heterocycles. The second kappa shape index (κ2) is 13.4. The zero-order valence-corrected chi connectivity index (χ0v) is 29.9. The Morgan fingerprint density at radius 2 is 1.87 bits per heavy atom. The van der Waals surface area contributed by atoms with Crippen LogP contribution < -0.4 is 15.0 Å². The van der Waals surface area contributed by atoms with E-state index < -0.39 is 25.4 Å². The molecule has 0 radical (unpaired) electrons. The Balaban J connectivity index is 1.76. The summed E-state index contributed by atoms with van der Waals surface area (Å²) in [7, 11) is -2.13. The Labute approximate surface area is 274 Å². The lowest BCUT2D eigenvalue weighted by molar-refractivity contribution is 0.0575. The predicted molar refractivity (Wildman–Crippen MR) is 184 cm³/mol. The minimum atomic E-state index is -2.13. The average Bonchev–Trinajstić information content (AvgIpc) is 3.28. The number of unbranched alkanes of at least 4 members (excludes halogenated alkanes) is 1. The summed E-state index contributed by atoms with van der Waals surface area (Å²) in [4.78, 5) is 28.7. The molecule has 3 heterocycles. The third kappa shape index (κ3) is 7.85. The van der Waals surface area contributed by atoms with Crippen LogP contribution in [-0.4, -0.2) is 54.7 Å². The van der Waals surface area contributed by atoms with E-state index >= 15 is 0 Å². The molecular formula is C35H48N6O4Si. The van der Waals surface area contributed by atoms with Crippen molar-refractivity contribution in [3.05, 3.63) is 53.9 Å². The topological polar surface area (TPSA) is 122 Å². The van der Waals surface area contributed by atoms with Gasteiger partial charge in [0.15, 0.2) is 8.32 Å². The lowest BCUT2D eigenvalue weighted by atomic mass is 9.83. The second-order valence-corrected chi connectivity index (χ2v) is 19.5. The molecule has 0 fully saturated rings. The molecule has 1 amide bonds. The van der Waals surface area contributed by atoms with Crippen LogP contribution in [0.2, 0.25) is 18.1 Å². The van der Waals surface area contributed by atoms with E-state index in [0.717, 1.165) is 24.0 Å². The zero-order valence-electron chi connectivity index (χ0n) is 28.9. The van der Waals surface area contributed by atoms with Crippen molar-refractivity contribution in [2.24, 2.45) is 0 Å². The molecule has 11 heteroatoms. The van der Waals surface area contributed by atoms with Gasteiger partial charge in [-0.1, -0.05) is 41.0 Å². The number of pyridine rings is 1. The predicted octanol–water partition coefficient (Wildman–Crippen LogP) is 8.37. The van der Waals surface area contributed by atoms with Crippen molar-refractivity contribution in [1.29, 1.82) is 5.26 Å². The van der Waals surface area contributed by atoms with Crippen molar-refractivity contribution in [3.63, 3.8) is 0 Å². The molecule has 1 atom stereocenters. The van der Waals surface area contributed by atoms with Crippen LogP contribution in [0.4, 0.5) is 22.1 Å². The Hall–Kier alpha value is -4.01. The molecule has 4 rings (SSSR count). The monoisotopic (exact) mass is 644 g/mol. The van der Waals surface area contributed by atoms with Gasteiger partial charge in [0.25, 0.3) is 0 Å². The van der Waals surface area contributed by atoms with Gasteiger partial charge in [-0.25, -0.2) is 19.7 Å². The first-order valence-electron chi connectivity index (χ1n) is 15.9. The van der Waals surface area contributed by atoms with Gasteiger partial charge in [0.2, 0.25) is 11.8 Å². The van der Waals surface area contributed by atoms with Gasteiger partial charge in [-0.3, -0.25) is 4.90 Å². The van der Waals surface area contributed by atoms with Crippen LogP contribution in [0.25, 0.3) is 11.3 Å². The van der Waals surface area contributed by atoms with E-state index in [1.165, 1.54) is 0 Å². The molecule has 0 unspecified atom stereocenters. The lowest BCUT2D eigenvalue weighted by Crippen LogP contribution is -2.46. The van der Waals surface area contributed by atoms with Gasteiger partial charge in [0, 0.05) is 36.5 Å². The molecule has 3 aromatic rings. The molecule has 0 saturated heterocycles. The highest BCUT2D eigenvalue weighted by molar-refractivity contribution is 6.74. The molecule has 0 saturated carbocycles. The van der Waals surface area contributed by atoms with Gasteiger partial charge in [-0.2, -0.15) is 5.26 Å². The lowest BCUT2D eigenvalue weighted by Gasteiger charge is -2.39. The van der Waals surface area contributed by atoms with Crippen molar-refractivity contribution < 1.29 is 18.7 Å². The molecule has 0 bridgehead atoms. The first-order valence-corrected chi connectivity index (χ1v) is 18.8. The van der Waals surface area contributed by atoms with E-state index in [1.807, 2.05) is 39.0 Å². The highest BCUT2D eigenvalue weighted by Gasteiger charge is 2.47. The molecule has 246 valence electrons. The van der Waals surface area contributed by atoms with E-state index in [-0.39, 0.29) is 5.04 Å². The second-order valence-electron chi connectivity index (χ2n) is 14.7.